The maximum Gasteiger partial charge on any atom is 0.442 e. The zero-order valence-corrected chi connectivity index (χ0v) is 38.8. The first-order valence-electron chi connectivity index (χ1n) is 21.8. The number of rotatable bonds is 31. The molecule has 2 aromatic rings. The third kappa shape index (κ3) is 18.9. The zero-order valence-electron chi connectivity index (χ0n) is 37.2. The van der Waals surface area contributed by atoms with E-state index in [0.717, 1.165) is 67.8 Å². The van der Waals surface area contributed by atoms with Crippen molar-refractivity contribution >= 4 is 57.4 Å². The summed E-state index contributed by atoms with van der Waals surface area (Å²) < 4.78 is 85.0. The molecule has 4 rings (SSSR count). The number of carbonyl (C=O) groups excluding carboxylic acids is 6. The fourth-order valence-electron chi connectivity index (χ4n) is 6.65. The average molecular weight is 1000 g/mol. The van der Waals surface area contributed by atoms with Crippen LogP contribution in [0.25, 0.3) is 0 Å². The molecule has 21 nitrogen and oxygen atoms in total. The Morgan fingerprint density at radius 3 is 1.94 bits per heavy atom. The molecule has 0 spiro atoms. The lowest BCUT2D eigenvalue weighted by atomic mass is 10.0. The van der Waals surface area contributed by atoms with Crippen LogP contribution in [0.1, 0.15) is 77.6 Å². The summed E-state index contributed by atoms with van der Waals surface area (Å²) in [5.74, 6) is -2.20. The Morgan fingerprint density at radius 2 is 1.35 bits per heavy atom. The Bertz CT molecular complexity index is 2130. The van der Waals surface area contributed by atoms with E-state index in [1.165, 1.54) is 12.1 Å². The van der Waals surface area contributed by atoms with Crippen molar-refractivity contribution in [3.63, 3.8) is 0 Å². The largest absolute Gasteiger partial charge is 0.464 e. The summed E-state index contributed by atoms with van der Waals surface area (Å²) in [6, 6.07) is 7.17. The molecule has 26 heteroatoms. The van der Waals surface area contributed by atoms with E-state index >= 15 is 0 Å². The van der Waals surface area contributed by atoms with Gasteiger partial charge in [0.05, 0.1) is 44.3 Å². The van der Waals surface area contributed by atoms with E-state index in [2.05, 4.69) is 36.8 Å². The topological polar surface area (TPSA) is 310 Å². The maximum absolute atomic E-state index is 13.4. The van der Waals surface area contributed by atoms with Crippen molar-refractivity contribution in [2.45, 2.75) is 85.4 Å². The Balaban J connectivity index is 1.08. The van der Waals surface area contributed by atoms with Crippen molar-refractivity contribution in [1.82, 2.24) is 26.6 Å². The molecule has 0 aromatic heterocycles. The predicted molar refractivity (Wildman–Crippen MR) is 240 cm³/mol. The molecular weight excluding hydrogens is 944 g/mol. The molecule has 68 heavy (non-hydrogen) atoms. The van der Waals surface area contributed by atoms with Crippen LogP contribution in [-0.2, 0) is 49.0 Å². The molecule has 2 aliphatic heterocycles. The highest BCUT2D eigenvalue weighted by molar-refractivity contribution is 8.00. The number of nitrogens with one attached hydrogen (secondary N) is 5. The molecule has 376 valence electrons. The number of esters is 1. The first-order chi connectivity index (χ1) is 32.4. The number of ether oxygens (including phenoxy) is 4. The van der Waals surface area contributed by atoms with Gasteiger partial charge in [0, 0.05) is 60.7 Å². The minimum atomic E-state index is -4.78. The summed E-state index contributed by atoms with van der Waals surface area (Å²) in [6.45, 7) is 1.97. The Kier molecular flexibility index (Phi) is 22.4. The molecular formula is C42H58F3N9O12S2. The highest BCUT2D eigenvalue weighted by Crippen LogP contribution is 2.52. The zero-order chi connectivity index (χ0) is 49.6. The Morgan fingerprint density at radius 1 is 0.765 bits per heavy atom. The molecule has 1 saturated heterocycles. The standard InChI is InChI=1S/C42H58F3N9O12S2/c43-42(44,45)41(53-54-41)30-11-7-29(8-12-30)38(58)51-33(27-36(56)66-21-18-50-37(57)28-9-13-31(14-10-28)68(47,61)62)39(59)49-17-4-20-64-23-25-65-24-22-63-19-3-16-48-35(55)6-2-1-5-34-32(15-26-67-34)52-40(46)60/h7-14,32-34H,1-6,15-27H2,(H,48,55)(H,49,59)(H,50,57)(H,51,58)(H3,46,52,60)(H2,47,61,62)/t32-,33+,34-/m0/s1. The number of thioether (sulfide) groups is 1. The molecule has 2 aromatic carbocycles. The first kappa shape index (κ1) is 55.2. The van der Waals surface area contributed by atoms with Gasteiger partial charge in [0.15, 0.2) is 0 Å². The van der Waals surface area contributed by atoms with E-state index in [-0.39, 0.29) is 73.1 Å². The number of primary sulfonamides is 1. The number of alkyl halides is 3. The van der Waals surface area contributed by atoms with Gasteiger partial charge in [-0.2, -0.15) is 24.9 Å². The van der Waals surface area contributed by atoms with Gasteiger partial charge in [-0.1, -0.05) is 18.6 Å². The van der Waals surface area contributed by atoms with Crippen LogP contribution in [0.15, 0.2) is 63.7 Å². The number of nitrogens with two attached hydrogens (primary N) is 2. The van der Waals surface area contributed by atoms with Crippen molar-refractivity contribution in [3.8, 4) is 0 Å². The van der Waals surface area contributed by atoms with Crippen molar-refractivity contribution in [2.75, 3.05) is 71.6 Å². The monoisotopic (exact) mass is 1000 g/mol. The van der Waals surface area contributed by atoms with Crippen LogP contribution in [0.2, 0.25) is 0 Å². The average Bonchev–Trinajstić information content (AvgIpc) is 4.02. The van der Waals surface area contributed by atoms with Crippen molar-refractivity contribution in [2.24, 2.45) is 21.1 Å². The third-order valence-corrected chi connectivity index (χ3v) is 12.7. The minimum absolute atomic E-state index is 0.0120. The normalized spacial score (nSPS) is 16.6. The van der Waals surface area contributed by atoms with Gasteiger partial charge in [-0.3, -0.25) is 24.0 Å². The number of benzene rings is 2. The molecule has 0 bridgehead atoms. The Hall–Kier alpha value is -5.41. The molecule has 6 amide bonds. The summed E-state index contributed by atoms with van der Waals surface area (Å²) in [5.41, 5.74) is 2.23. The molecule has 2 heterocycles. The highest BCUT2D eigenvalue weighted by atomic mass is 32.2. The molecule has 0 aliphatic carbocycles. The van der Waals surface area contributed by atoms with E-state index in [1.807, 2.05) is 11.8 Å². The van der Waals surface area contributed by atoms with E-state index in [4.69, 9.17) is 29.8 Å². The maximum atomic E-state index is 13.4. The second kappa shape index (κ2) is 27.6. The van der Waals surface area contributed by atoms with Crippen molar-refractivity contribution < 1.29 is 69.3 Å². The van der Waals surface area contributed by atoms with E-state index in [9.17, 15) is 50.4 Å². The number of hydrogen-bond donors (Lipinski definition) is 7. The van der Waals surface area contributed by atoms with Crippen LogP contribution >= 0.6 is 11.8 Å². The van der Waals surface area contributed by atoms with E-state index in [1.54, 1.807) is 0 Å². The SMILES string of the molecule is NC(=O)N[C@H]1CCS[C@H]1CCCCC(=O)NCCCOCCOCCOCCCNC(=O)[C@@H](CC(=O)OCCNC(=O)c1ccc(S(N)(=O)=O)cc1)NC(=O)c1ccc(C2(C(F)(F)F)N=N2)cc1. The van der Waals surface area contributed by atoms with Gasteiger partial charge in [-0.15, -0.1) is 10.2 Å². The quantitative estimate of drug-likeness (QED) is 0.0421. The fraction of sp³-hybridized carbons (Fsp3) is 0.571. The summed E-state index contributed by atoms with van der Waals surface area (Å²) in [7, 11) is -3.96. The fourth-order valence-corrected chi connectivity index (χ4v) is 8.63. The summed E-state index contributed by atoms with van der Waals surface area (Å²) in [6.07, 6.45) is -0.515. The van der Waals surface area contributed by atoms with Gasteiger partial charge < -0.3 is 51.3 Å². The summed E-state index contributed by atoms with van der Waals surface area (Å²) >= 11 is 1.83. The van der Waals surface area contributed by atoms with Crippen LogP contribution in [0.5, 0.6) is 0 Å². The second-order valence-electron chi connectivity index (χ2n) is 15.5. The van der Waals surface area contributed by atoms with Gasteiger partial charge in [0.25, 0.3) is 11.8 Å². The van der Waals surface area contributed by atoms with Crippen LogP contribution in [0.3, 0.4) is 0 Å². The number of halogens is 3. The highest BCUT2D eigenvalue weighted by Gasteiger charge is 2.65. The molecule has 1 fully saturated rings. The lowest BCUT2D eigenvalue weighted by Crippen LogP contribution is -2.48. The number of unbranched alkanes of at least 4 members (excludes halogenated alkanes) is 1. The lowest BCUT2D eigenvalue weighted by Gasteiger charge is -2.19. The summed E-state index contributed by atoms with van der Waals surface area (Å²) in [5, 5.41) is 24.8. The number of primary amides is 1. The number of nitrogens with zero attached hydrogens (tertiary/aromatic N) is 2. The second-order valence-corrected chi connectivity index (χ2v) is 18.4. The van der Waals surface area contributed by atoms with Gasteiger partial charge >= 0.3 is 23.8 Å². The van der Waals surface area contributed by atoms with Crippen LogP contribution < -0.4 is 37.5 Å². The van der Waals surface area contributed by atoms with Crippen LogP contribution in [0, 0.1) is 0 Å². The summed E-state index contributed by atoms with van der Waals surface area (Å²) in [4.78, 5) is 74.6. The first-order valence-corrected chi connectivity index (χ1v) is 24.4. The van der Waals surface area contributed by atoms with Gasteiger partial charge in [-0.25, -0.2) is 18.4 Å². The molecule has 2 aliphatic rings. The van der Waals surface area contributed by atoms with E-state index in [0.29, 0.717) is 50.9 Å². The molecule has 9 N–H and O–H groups in total. The van der Waals surface area contributed by atoms with Gasteiger partial charge in [0.1, 0.15) is 12.6 Å². The van der Waals surface area contributed by atoms with E-state index < -0.39 is 64.0 Å². The van der Waals surface area contributed by atoms with Crippen molar-refractivity contribution in [3.05, 3.63) is 65.2 Å². The minimum Gasteiger partial charge on any atom is -0.464 e. The van der Waals surface area contributed by atoms with Crippen LogP contribution in [-0.4, -0.2) is 139 Å². The van der Waals surface area contributed by atoms with Gasteiger partial charge in [-0.05, 0) is 74.3 Å². The number of carbonyl (C=O) groups is 6. The number of amides is 6. The predicted octanol–water partition coefficient (Wildman–Crippen LogP) is 2.14. The number of sulfonamides is 1. The third-order valence-electron chi connectivity index (χ3n) is 10.3. The Labute approximate surface area is 395 Å². The molecule has 3 atom stereocenters. The molecule has 0 radical (unpaired) electrons. The van der Waals surface area contributed by atoms with Crippen LogP contribution in [0.4, 0.5) is 18.0 Å². The molecule has 0 unspecified atom stereocenters. The smallest absolute Gasteiger partial charge is 0.442 e. The molecule has 0 saturated carbocycles. The number of hydrogen-bond acceptors (Lipinski definition) is 15. The number of urea groups is 1. The van der Waals surface area contributed by atoms with Crippen molar-refractivity contribution in [1.29, 1.82) is 0 Å². The van der Waals surface area contributed by atoms with Gasteiger partial charge in [0.2, 0.25) is 21.8 Å². The lowest BCUT2D eigenvalue weighted by molar-refractivity contribution is -0.166.